The van der Waals surface area contributed by atoms with Gasteiger partial charge in [-0.3, -0.25) is 9.78 Å². The lowest BCUT2D eigenvalue weighted by molar-refractivity contribution is -0.142. The van der Waals surface area contributed by atoms with Crippen molar-refractivity contribution in [2.75, 3.05) is 7.11 Å². The summed E-state index contributed by atoms with van der Waals surface area (Å²) in [5.74, 6) is -1.17. The molecule has 0 aliphatic carbocycles. The van der Waals surface area contributed by atoms with Crippen molar-refractivity contribution in [1.29, 1.82) is 0 Å². The smallest absolute Gasteiger partial charge is 0.328 e. The molecule has 0 aliphatic heterocycles. The van der Waals surface area contributed by atoms with Crippen LogP contribution in [0.5, 0.6) is 0 Å². The molecule has 4 rings (SSSR count). The van der Waals surface area contributed by atoms with Crippen molar-refractivity contribution in [3.63, 3.8) is 0 Å². The quantitative estimate of drug-likeness (QED) is 0.281. The van der Waals surface area contributed by atoms with Gasteiger partial charge in [0.05, 0.1) is 44.0 Å². The summed E-state index contributed by atoms with van der Waals surface area (Å²) < 4.78 is 4.89. The number of nitrogens with zero attached hydrogens (tertiary/aromatic N) is 2. The molecule has 0 spiro atoms. The van der Waals surface area contributed by atoms with E-state index in [1.54, 1.807) is 24.3 Å². The molecule has 6 nitrogen and oxygen atoms in total. The number of methoxy groups -OCH3 is 1. The van der Waals surface area contributed by atoms with Crippen LogP contribution in [0, 0.1) is 0 Å². The average Bonchev–Trinajstić information content (AvgIpc) is 2.83. The Kier molecular flexibility index (Phi) is 7.77. The zero-order valence-corrected chi connectivity index (χ0v) is 21.2. The molecular formula is C25H17Cl4N3O3. The molecule has 0 aliphatic rings. The van der Waals surface area contributed by atoms with Gasteiger partial charge in [0.25, 0.3) is 5.91 Å². The fraction of sp³-hybridized carbons (Fsp3) is 0.120. The van der Waals surface area contributed by atoms with Crippen LogP contribution in [-0.4, -0.2) is 35.0 Å². The van der Waals surface area contributed by atoms with Gasteiger partial charge in [-0.15, -0.1) is 0 Å². The number of hydrogen-bond donors (Lipinski definition) is 1. The number of rotatable bonds is 6. The molecule has 1 amide bonds. The van der Waals surface area contributed by atoms with E-state index in [0.29, 0.717) is 26.8 Å². The van der Waals surface area contributed by atoms with Gasteiger partial charge >= 0.3 is 5.97 Å². The molecule has 2 heterocycles. The lowest BCUT2D eigenvalue weighted by Crippen LogP contribution is -2.43. The fourth-order valence-corrected chi connectivity index (χ4v) is 4.74. The van der Waals surface area contributed by atoms with Crippen molar-refractivity contribution >= 4 is 69.2 Å². The summed E-state index contributed by atoms with van der Waals surface area (Å²) in [5.41, 5.74) is 2.79. The highest BCUT2D eigenvalue weighted by Gasteiger charge is 2.25. The summed E-state index contributed by atoms with van der Waals surface area (Å²) in [6, 6.07) is 13.0. The van der Waals surface area contributed by atoms with E-state index in [2.05, 4.69) is 15.3 Å². The van der Waals surface area contributed by atoms with Crippen LogP contribution < -0.4 is 5.32 Å². The van der Waals surface area contributed by atoms with Crippen LogP contribution in [0.25, 0.3) is 22.2 Å². The van der Waals surface area contributed by atoms with Crippen molar-refractivity contribution in [3.05, 3.63) is 92.1 Å². The lowest BCUT2D eigenvalue weighted by atomic mass is 10.0. The highest BCUT2D eigenvalue weighted by Crippen LogP contribution is 2.33. The number of ether oxygens (including phenoxy) is 1. The predicted octanol–water partition coefficient (Wildman–Crippen LogP) is 6.42. The van der Waals surface area contributed by atoms with Gasteiger partial charge in [-0.1, -0.05) is 64.6 Å². The molecule has 1 unspecified atom stereocenters. The number of nitrogens with one attached hydrogen (secondary N) is 1. The Morgan fingerprint density at radius 1 is 0.943 bits per heavy atom. The van der Waals surface area contributed by atoms with Crippen LogP contribution >= 0.6 is 46.4 Å². The number of carbonyl (C=O) groups excluding carboxylic acids is 2. The number of benzene rings is 2. The number of hydrogen-bond acceptors (Lipinski definition) is 5. The van der Waals surface area contributed by atoms with Gasteiger partial charge < -0.3 is 10.1 Å². The summed E-state index contributed by atoms with van der Waals surface area (Å²) in [5, 5.41) is 4.66. The molecule has 1 atom stereocenters. The molecule has 1 N–H and O–H groups in total. The first kappa shape index (κ1) is 25.2. The van der Waals surface area contributed by atoms with Crippen molar-refractivity contribution in [1.82, 2.24) is 15.3 Å². The van der Waals surface area contributed by atoms with E-state index in [1.165, 1.54) is 19.5 Å². The molecule has 0 radical (unpaired) electrons. The third kappa shape index (κ3) is 5.52. The maximum atomic E-state index is 12.8. The first-order valence-corrected chi connectivity index (χ1v) is 11.8. The summed E-state index contributed by atoms with van der Waals surface area (Å²) in [6.45, 7) is 0. The van der Waals surface area contributed by atoms with Crippen LogP contribution in [0.15, 0.2) is 60.9 Å². The normalized spacial score (nSPS) is 11.8. The minimum atomic E-state index is -0.959. The first-order valence-electron chi connectivity index (χ1n) is 10.3. The van der Waals surface area contributed by atoms with Gasteiger partial charge in [-0.25, -0.2) is 9.78 Å². The second-order valence-electron chi connectivity index (χ2n) is 7.55. The molecule has 2 aromatic carbocycles. The highest BCUT2D eigenvalue weighted by molar-refractivity contribution is 6.40. The summed E-state index contributed by atoms with van der Waals surface area (Å²) >= 11 is 24.8. The standard InChI is InChI=1S/C25H17Cl4N3O3/c1-35-25(34)21(32-24(33)23-15(26)3-2-4-16(23)27)10-13-5-7-19-14(9-13)6-8-20(31-19)22-17(28)11-30-12-18(22)29/h2-9,11-12,21H,10H2,1H3,(H,32,33). The van der Waals surface area contributed by atoms with Crippen molar-refractivity contribution in [2.45, 2.75) is 12.5 Å². The van der Waals surface area contributed by atoms with Crippen molar-refractivity contribution in [3.8, 4) is 11.3 Å². The Labute approximate surface area is 221 Å². The van der Waals surface area contributed by atoms with Crippen LogP contribution in [0.4, 0.5) is 0 Å². The number of carbonyl (C=O) groups is 2. The Morgan fingerprint density at radius 3 is 2.29 bits per heavy atom. The Bertz CT molecular complexity index is 1400. The monoisotopic (exact) mass is 547 g/mol. The Hall–Kier alpha value is -2.90. The topological polar surface area (TPSA) is 81.2 Å². The maximum absolute atomic E-state index is 12.8. The van der Waals surface area contributed by atoms with Gasteiger partial charge in [0, 0.05) is 29.8 Å². The second kappa shape index (κ2) is 10.8. The van der Waals surface area contributed by atoms with Gasteiger partial charge in [0.1, 0.15) is 6.04 Å². The summed E-state index contributed by atoms with van der Waals surface area (Å²) in [4.78, 5) is 33.9. The van der Waals surface area contributed by atoms with Crippen LogP contribution in [-0.2, 0) is 16.0 Å². The Balaban J connectivity index is 1.60. The highest BCUT2D eigenvalue weighted by atomic mass is 35.5. The number of fused-ring (bicyclic) bond motifs is 1. The van der Waals surface area contributed by atoms with Gasteiger partial charge in [-0.05, 0) is 35.9 Å². The molecular weight excluding hydrogens is 532 g/mol. The Morgan fingerprint density at radius 2 is 1.63 bits per heavy atom. The van der Waals surface area contributed by atoms with E-state index in [4.69, 9.17) is 51.1 Å². The number of aromatic nitrogens is 2. The third-order valence-electron chi connectivity index (χ3n) is 5.28. The molecule has 0 bridgehead atoms. The van der Waals surface area contributed by atoms with E-state index in [1.807, 2.05) is 24.3 Å². The molecule has 2 aromatic heterocycles. The van der Waals surface area contributed by atoms with Crippen molar-refractivity contribution in [2.24, 2.45) is 0 Å². The SMILES string of the molecule is COC(=O)C(Cc1ccc2nc(-c3c(Cl)cncc3Cl)ccc2c1)NC(=O)c1c(Cl)cccc1Cl. The zero-order valence-electron chi connectivity index (χ0n) is 18.2. The molecule has 0 saturated carbocycles. The van der Waals surface area contributed by atoms with Gasteiger partial charge in [0.15, 0.2) is 0 Å². The van der Waals surface area contributed by atoms with E-state index >= 15 is 0 Å². The molecule has 4 aromatic rings. The summed E-state index contributed by atoms with van der Waals surface area (Å²) in [6.07, 6.45) is 3.20. The zero-order chi connectivity index (χ0) is 25.1. The van der Waals surface area contributed by atoms with E-state index in [9.17, 15) is 9.59 Å². The molecule has 10 heteroatoms. The number of pyridine rings is 2. The number of esters is 1. The second-order valence-corrected chi connectivity index (χ2v) is 9.18. The van der Waals surface area contributed by atoms with Crippen LogP contribution in [0.3, 0.4) is 0 Å². The van der Waals surface area contributed by atoms with E-state index in [-0.39, 0.29) is 22.0 Å². The summed E-state index contributed by atoms with van der Waals surface area (Å²) in [7, 11) is 1.26. The van der Waals surface area contributed by atoms with Gasteiger partial charge in [0.2, 0.25) is 0 Å². The number of halogens is 4. The van der Waals surface area contributed by atoms with Gasteiger partial charge in [-0.2, -0.15) is 0 Å². The molecule has 0 fully saturated rings. The van der Waals surface area contributed by atoms with Crippen molar-refractivity contribution < 1.29 is 14.3 Å². The van der Waals surface area contributed by atoms with Crippen LogP contribution in [0.2, 0.25) is 20.1 Å². The molecule has 178 valence electrons. The maximum Gasteiger partial charge on any atom is 0.328 e. The lowest BCUT2D eigenvalue weighted by Gasteiger charge is -2.18. The predicted molar refractivity (Wildman–Crippen MR) is 138 cm³/mol. The third-order valence-corrected chi connectivity index (χ3v) is 6.49. The minimum absolute atomic E-state index is 0.0911. The number of amides is 1. The van der Waals surface area contributed by atoms with Crippen LogP contribution in [0.1, 0.15) is 15.9 Å². The molecule has 35 heavy (non-hydrogen) atoms. The fourth-order valence-electron chi connectivity index (χ4n) is 3.61. The van der Waals surface area contributed by atoms with E-state index < -0.39 is 17.9 Å². The largest absolute Gasteiger partial charge is 0.467 e. The molecule has 0 saturated heterocycles. The first-order chi connectivity index (χ1) is 16.8. The van der Waals surface area contributed by atoms with E-state index in [0.717, 1.165) is 10.9 Å². The average molecular weight is 549 g/mol. The minimum Gasteiger partial charge on any atom is -0.467 e.